The maximum absolute atomic E-state index is 11.5. The Balaban J connectivity index is 2.54. The molecular weight excluding hydrogens is 160 g/mol. The lowest BCUT2D eigenvalue weighted by Gasteiger charge is -2.17. The van der Waals surface area contributed by atoms with Crippen LogP contribution in [0, 0.1) is 5.92 Å². The molecule has 1 aliphatic rings. The lowest BCUT2D eigenvalue weighted by atomic mass is 9.86. The lowest BCUT2D eigenvalue weighted by Crippen LogP contribution is -2.16. The standard InChI is InChI=1S/C12H18O/c1-9(2)4-6-11-7-5-10(3)8-12(11)13/h4,8,11H,5-7H2,1-3H3. The quantitative estimate of drug-likeness (QED) is 0.593. The van der Waals surface area contributed by atoms with Gasteiger partial charge in [0.25, 0.3) is 0 Å². The van der Waals surface area contributed by atoms with Crippen molar-refractivity contribution in [2.75, 3.05) is 0 Å². The molecule has 1 unspecified atom stereocenters. The Hall–Kier alpha value is -0.850. The van der Waals surface area contributed by atoms with Gasteiger partial charge in [-0.05, 0) is 46.1 Å². The minimum atomic E-state index is 0.249. The number of ketones is 1. The van der Waals surface area contributed by atoms with Crippen LogP contribution in [-0.4, -0.2) is 5.78 Å². The van der Waals surface area contributed by atoms with Crippen LogP contribution in [0.3, 0.4) is 0 Å². The number of allylic oxidation sites excluding steroid dienone is 4. The Morgan fingerprint density at radius 3 is 2.85 bits per heavy atom. The van der Waals surface area contributed by atoms with E-state index in [0.717, 1.165) is 19.3 Å². The molecule has 0 bridgehead atoms. The molecule has 0 aliphatic heterocycles. The van der Waals surface area contributed by atoms with Crippen molar-refractivity contribution in [3.63, 3.8) is 0 Å². The normalized spacial score (nSPS) is 22.5. The Morgan fingerprint density at radius 2 is 2.31 bits per heavy atom. The third-order valence-corrected chi connectivity index (χ3v) is 2.49. The highest BCUT2D eigenvalue weighted by atomic mass is 16.1. The van der Waals surface area contributed by atoms with Crippen LogP contribution in [0.1, 0.15) is 40.0 Å². The molecule has 1 aliphatic carbocycles. The number of carbonyl (C=O) groups is 1. The second-order valence-electron chi connectivity index (χ2n) is 4.15. The van der Waals surface area contributed by atoms with Gasteiger partial charge in [-0.3, -0.25) is 4.79 Å². The van der Waals surface area contributed by atoms with E-state index < -0.39 is 0 Å². The van der Waals surface area contributed by atoms with Gasteiger partial charge in [0.05, 0.1) is 0 Å². The number of hydrogen-bond acceptors (Lipinski definition) is 1. The highest BCUT2D eigenvalue weighted by molar-refractivity contribution is 5.93. The van der Waals surface area contributed by atoms with Crippen molar-refractivity contribution in [2.45, 2.75) is 40.0 Å². The van der Waals surface area contributed by atoms with Gasteiger partial charge in [-0.15, -0.1) is 0 Å². The van der Waals surface area contributed by atoms with Crippen LogP contribution in [0.25, 0.3) is 0 Å². The molecule has 0 aromatic heterocycles. The van der Waals surface area contributed by atoms with Crippen LogP contribution >= 0.6 is 0 Å². The molecule has 0 heterocycles. The van der Waals surface area contributed by atoms with E-state index in [4.69, 9.17) is 0 Å². The highest BCUT2D eigenvalue weighted by Gasteiger charge is 2.19. The van der Waals surface area contributed by atoms with E-state index in [0.29, 0.717) is 5.78 Å². The Bertz CT molecular complexity index is 254. The third kappa shape index (κ3) is 3.17. The zero-order chi connectivity index (χ0) is 9.84. The van der Waals surface area contributed by atoms with Crippen LogP contribution in [0.15, 0.2) is 23.3 Å². The lowest BCUT2D eigenvalue weighted by molar-refractivity contribution is -0.118. The average Bonchev–Trinajstić information content (AvgIpc) is 2.02. The largest absolute Gasteiger partial charge is 0.295 e. The molecule has 0 aromatic rings. The van der Waals surface area contributed by atoms with Crippen molar-refractivity contribution in [1.82, 2.24) is 0 Å². The van der Waals surface area contributed by atoms with E-state index in [1.54, 1.807) is 0 Å². The smallest absolute Gasteiger partial charge is 0.159 e. The minimum Gasteiger partial charge on any atom is -0.295 e. The van der Waals surface area contributed by atoms with Gasteiger partial charge < -0.3 is 0 Å². The third-order valence-electron chi connectivity index (χ3n) is 2.49. The fourth-order valence-electron chi connectivity index (χ4n) is 1.59. The van der Waals surface area contributed by atoms with Gasteiger partial charge in [-0.2, -0.15) is 0 Å². The first kappa shape index (κ1) is 10.2. The summed E-state index contributed by atoms with van der Waals surface area (Å²) < 4.78 is 0. The van der Waals surface area contributed by atoms with Gasteiger partial charge in [-0.1, -0.05) is 17.2 Å². The molecule has 0 radical (unpaired) electrons. The molecule has 0 amide bonds. The second kappa shape index (κ2) is 4.40. The van der Waals surface area contributed by atoms with Crippen molar-refractivity contribution < 1.29 is 4.79 Å². The van der Waals surface area contributed by atoms with Crippen molar-refractivity contribution in [3.05, 3.63) is 23.3 Å². The number of carbonyl (C=O) groups excluding carboxylic acids is 1. The molecule has 0 spiro atoms. The summed E-state index contributed by atoms with van der Waals surface area (Å²) >= 11 is 0. The van der Waals surface area contributed by atoms with Crippen molar-refractivity contribution >= 4 is 5.78 Å². The second-order valence-corrected chi connectivity index (χ2v) is 4.15. The summed E-state index contributed by atoms with van der Waals surface area (Å²) in [5, 5.41) is 0. The summed E-state index contributed by atoms with van der Waals surface area (Å²) in [5.74, 6) is 0.569. The van der Waals surface area contributed by atoms with Crippen LogP contribution in [-0.2, 0) is 4.79 Å². The fraction of sp³-hybridized carbons (Fsp3) is 0.583. The average molecular weight is 178 g/mol. The minimum absolute atomic E-state index is 0.249. The van der Waals surface area contributed by atoms with Crippen molar-refractivity contribution in [2.24, 2.45) is 5.92 Å². The van der Waals surface area contributed by atoms with Gasteiger partial charge in [0.1, 0.15) is 0 Å². The zero-order valence-electron chi connectivity index (χ0n) is 8.76. The van der Waals surface area contributed by atoms with Gasteiger partial charge in [0.15, 0.2) is 5.78 Å². The van der Waals surface area contributed by atoms with Gasteiger partial charge in [0, 0.05) is 5.92 Å². The molecule has 72 valence electrons. The van der Waals surface area contributed by atoms with Crippen LogP contribution < -0.4 is 0 Å². The first-order valence-electron chi connectivity index (χ1n) is 4.94. The molecule has 1 nitrogen and oxygen atoms in total. The summed E-state index contributed by atoms with van der Waals surface area (Å²) in [6, 6.07) is 0. The van der Waals surface area contributed by atoms with Crippen molar-refractivity contribution in [3.8, 4) is 0 Å². The predicted octanol–water partition coefficient (Wildman–Crippen LogP) is 3.27. The van der Waals surface area contributed by atoms with E-state index in [2.05, 4.69) is 19.9 Å². The van der Waals surface area contributed by atoms with E-state index in [1.807, 2.05) is 13.0 Å². The molecule has 1 heteroatoms. The molecular formula is C12H18O. The highest BCUT2D eigenvalue weighted by Crippen LogP contribution is 2.23. The van der Waals surface area contributed by atoms with Gasteiger partial charge >= 0.3 is 0 Å². The summed E-state index contributed by atoms with van der Waals surface area (Å²) in [6.07, 6.45) is 7.02. The molecule has 0 aromatic carbocycles. The van der Waals surface area contributed by atoms with Crippen molar-refractivity contribution in [1.29, 1.82) is 0 Å². The maximum atomic E-state index is 11.5. The summed E-state index contributed by atoms with van der Waals surface area (Å²) in [6.45, 7) is 6.19. The molecule has 1 rings (SSSR count). The zero-order valence-corrected chi connectivity index (χ0v) is 8.76. The van der Waals surface area contributed by atoms with Crippen LogP contribution in [0.4, 0.5) is 0 Å². The first-order valence-corrected chi connectivity index (χ1v) is 4.94. The maximum Gasteiger partial charge on any atom is 0.159 e. The fourth-order valence-corrected chi connectivity index (χ4v) is 1.59. The molecule has 13 heavy (non-hydrogen) atoms. The monoisotopic (exact) mass is 178 g/mol. The van der Waals surface area contributed by atoms with E-state index in [9.17, 15) is 4.79 Å². The topological polar surface area (TPSA) is 17.1 Å². The molecule has 0 fully saturated rings. The number of hydrogen-bond donors (Lipinski definition) is 0. The molecule has 0 N–H and O–H groups in total. The predicted molar refractivity (Wildman–Crippen MR) is 55.5 cm³/mol. The first-order chi connectivity index (χ1) is 6.09. The van der Waals surface area contributed by atoms with E-state index in [1.165, 1.54) is 11.1 Å². The van der Waals surface area contributed by atoms with E-state index >= 15 is 0 Å². The summed E-state index contributed by atoms with van der Waals surface area (Å²) in [5.41, 5.74) is 2.54. The van der Waals surface area contributed by atoms with E-state index in [-0.39, 0.29) is 5.92 Å². The van der Waals surface area contributed by atoms with Crippen LogP contribution in [0.5, 0.6) is 0 Å². The number of rotatable bonds is 2. The Morgan fingerprint density at radius 1 is 1.62 bits per heavy atom. The molecule has 0 saturated carbocycles. The Kier molecular flexibility index (Phi) is 3.47. The Labute approximate surface area is 80.5 Å². The van der Waals surface area contributed by atoms with Crippen LogP contribution in [0.2, 0.25) is 0 Å². The van der Waals surface area contributed by atoms with Gasteiger partial charge in [0.2, 0.25) is 0 Å². The van der Waals surface area contributed by atoms with Gasteiger partial charge in [-0.25, -0.2) is 0 Å². The summed E-state index contributed by atoms with van der Waals surface area (Å²) in [7, 11) is 0. The molecule has 1 atom stereocenters. The SMILES string of the molecule is CC(C)=CCC1CCC(C)=CC1=O. The summed E-state index contributed by atoms with van der Waals surface area (Å²) in [4.78, 5) is 11.5. The molecule has 0 saturated heterocycles.